The zero-order valence-electron chi connectivity index (χ0n) is 36.2. The van der Waals surface area contributed by atoms with E-state index in [2.05, 4.69) is 172 Å². The highest BCUT2D eigenvalue weighted by atomic mass is 15.1. The molecule has 0 saturated heterocycles. The average molecular weight is 772 g/mol. The summed E-state index contributed by atoms with van der Waals surface area (Å²) in [6.07, 6.45) is 21.4. The predicted molar refractivity (Wildman–Crippen MR) is 259 cm³/mol. The van der Waals surface area contributed by atoms with Crippen LogP contribution in [0.25, 0.3) is 16.7 Å². The first-order valence-electron chi connectivity index (χ1n) is 20.4. The van der Waals surface area contributed by atoms with Crippen molar-refractivity contribution in [1.29, 1.82) is 0 Å². The molecule has 0 radical (unpaired) electrons. The fourth-order valence-electron chi connectivity index (χ4n) is 6.52. The molecule has 1 atom stereocenters. The summed E-state index contributed by atoms with van der Waals surface area (Å²) in [5.74, 6) is 0. The smallest absolute Gasteiger partial charge is 0.148 e. The van der Waals surface area contributed by atoms with Gasteiger partial charge in [-0.3, -0.25) is 9.98 Å². The minimum atomic E-state index is -0.526. The maximum atomic E-state index is 5.09. The number of nitrogens with one attached hydrogen (secondary N) is 1. The van der Waals surface area contributed by atoms with Gasteiger partial charge in [0.05, 0.1) is 6.54 Å². The lowest BCUT2D eigenvalue weighted by atomic mass is 9.85. The molecular formula is C53H65N5. The second-order valence-corrected chi connectivity index (χ2v) is 14.1. The number of benzene rings is 4. The van der Waals surface area contributed by atoms with Crippen molar-refractivity contribution in [3.63, 3.8) is 0 Å². The molecule has 1 heterocycles. The third-order valence-electron chi connectivity index (χ3n) is 9.75. The van der Waals surface area contributed by atoms with Crippen LogP contribution in [0.4, 0.5) is 17.1 Å². The predicted octanol–water partition coefficient (Wildman–Crippen LogP) is 14.2. The molecule has 1 unspecified atom stereocenters. The molecule has 1 aliphatic heterocycles. The maximum Gasteiger partial charge on any atom is 0.148 e. The first-order chi connectivity index (χ1) is 28.1. The summed E-state index contributed by atoms with van der Waals surface area (Å²) in [6, 6.07) is 36.1. The number of aliphatic imine (C=N–C) groups is 2. The molecule has 6 rings (SSSR count). The molecule has 4 aromatic rings. The highest BCUT2D eigenvalue weighted by molar-refractivity contribution is 5.93. The van der Waals surface area contributed by atoms with Crippen LogP contribution in [-0.4, -0.2) is 26.1 Å². The summed E-state index contributed by atoms with van der Waals surface area (Å²) in [5.41, 5.74) is 19.3. The van der Waals surface area contributed by atoms with Gasteiger partial charge in [-0.05, 0) is 130 Å². The summed E-state index contributed by atoms with van der Waals surface area (Å²) in [5, 5.41) is 3.67. The Morgan fingerprint density at radius 1 is 0.879 bits per heavy atom. The van der Waals surface area contributed by atoms with Gasteiger partial charge in [-0.15, -0.1) is 0 Å². The largest absolute Gasteiger partial charge is 0.405 e. The number of para-hydroxylation sites is 2. The minimum Gasteiger partial charge on any atom is -0.405 e. The minimum absolute atomic E-state index is 0.526. The molecular weight excluding hydrogens is 707 g/mol. The van der Waals surface area contributed by atoms with Crippen LogP contribution in [0.15, 0.2) is 179 Å². The van der Waals surface area contributed by atoms with Gasteiger partial charge in [0.2, 0.25) is 0 Å². The van der Waals surface area contributed by atoms with Gasteiger partial charge in [-0.2, -0.15) is 0 Å². The molecule has 0 aromatic heterocycles. The van der Waals surface area contributed by atoms with E-state index in [1.54, 1.807) is 6.08 Å². The Hall–Kier alpha value is -6.20. The molecule has 5 heteroatoms. The van der Waals surface area contributed by atoms with Crippen molar-refractivity contribution >= 4 is 47.2 Å². The van der Waals surface area contributed by atoms with Gasteiger partial charge in [0.1, 0.15) is 5.66 Å². The zero-order valence-corrected chi connectivity index (χ0v) is 36.2. The third kappa shape index (κ3) is 13.2. The van der Waals surface area contributed by atoms with Crippen LogP contribution in [0.5, 0.6) is 0 Å². The SMILES string of the molecule is C=NC1(C)Nc2cc(C3=CCCC(c4ccccc4N(C)c4ccccc4)=C3)ccc2C(/C=C\CC)=C1C.C=NCc1ccccc1.CC.CC(C)=C/C=C\C=C/N. The van der Waals surface area contributed by atoms with Crippen molar-refractivity contribution in [2.45, 2.75) is 79.9 Å². The molecule has 0 bridgehead atoms. The first-order valence-corrected chi connectivity index (χ1v) is 20.4. The second-order valence-electron chi connectivity index (χ2n) is 14.1. The quantitative estimate of drug-likeness (QED) is 0.118. The number of nitrogens with zero attached hydrogens (tertiary/aromatic N) is 3. The van der Waals surface area contributed by atoms with Crippen molar-refractivity contribution in [3.05, 3.63) is 191 Å². The molecule has 2 aliphatic rings. The molecule has 0 amide bonds. The van der Waals surface area contributed by atoms with Crippen LogP contribution in [0, 0.1) is 0 Å². The molecule has 302 valence electrons. The molecule has 0 spiro atoms. The molecule has 4 aromatic carbocycles. The van der Waals surface area contributed by atoms with Crippen LogP contribution in [0.3, 0.4) is 0 Å². The summed E-state index contributed by atoms with van der Waals surface area (Å²) in [6.45, 7) is 22.5. The van der Waals surface area contributed by atoms with Crippen molar-refractivity contribution in [3.8, 4) is 0 Å². The molecule has 1 aliphatic carbocycles. The lowest BCUT2D eigenvalue weighted by Crippen LogP contribution is -2.37. The van der Waals surface area contributed by atoms with E-state index >= 15 is 0 Å². The number of nitrogens with two attached hydrogens (primary N) is 1. The molecule has 58 heavy (non-hydrogen) atoms. The van der Waals surface area contributed by atoms with Gasteiger partial charge >= 0.3 is 0 Å². The number of rotatable bonds is 11. The van der Waals surface area contributed by atoms with Gasteiger partial charge in [0, 0.05) is 35.2 Å². The summed E-state index contributed by atoms with van der Waals surface area (Å²) in [7, 11) is 2.15. The Balaban J connectivity index is 0.000000370. The number of fused-ring (bicyclic) bond motifs is 1. The Bertz CT molecular complexity index is 2130. The van der Waals surface area contributed by atoms with Gasteiger partial charge in [0.25, 0.3) is 0 Å². The lowest BCUT2D eigenvalue weighted by molar-refractivity contribution is 0.634. The highest BCUT2D eigenvalue weighted by Gasteiger charge is 2.32. The first kappa shape index (κ1) is 46.2. The topological polar surface area (TPSA) is 66.0 Å². The molecule has 0 saturated carbocycles. The van der Waals surface area contributed by atoms with Crippen molar-refractivity contribution < 1.29 is 0 Å². The van der Waals surface area contributed by atoms with Crippen molar-refractivity contribution in [2.75, 3.05) is 17.3 Å². The Labute approximate surface area is 350 Å². The summed E-state index contributed by atoms with van der Waals surface area (Å²) >= 11 is 0. The fraction of sp³-hybridized carbons (Fsp3) is 0.245. The van der Waals surface area contributed by atoms with E-state index in [4.69, 9.17) is 5.73 Å². The third-order valence-corrected chi connectivity index (χ3v) is 9.75. The molecule has 5 nitrogen and oxygen atoms in total. The van der Waals surface area contributed by atoms with Crippen LogP contribution in [-0.2, 0) is 6.54 Å². The fourth-order valence-corrected chi connectivity index (χ4v) is 6.52. The van der Waals surface area contributed by atoms with Crippen LogP contribution < -0.4 is 16.0 Å². The number of allylic oxidation sites excluding steroid dienone is 12. The van der Waals surface area contributed by atoms with Crippen LogP contribution in [0.1, 0.15) is 90.0 Å². The molecule has 3 N–H and O–H groups in total. The summed E-state index contributed by atoms with van der Waals surface area (Å²) < 4.78 is 0. The Kier molecular flexibility index (Phi) is 19.5. The van der Waals surface area contributed by atoms with Crippen LogP contribution in [0.2, 0.25) is 0 Å². The maximum absolute atomic E-state index is 5.09. The lowest BCUT2D eigenvalue weighted by Gasteiger charge is -2.36. The normalized spacial score (nSPS) is 15.6. The van der Waals surface area contributed by atoms with E-state index < -0.39 is 5.66 Å². The van der Waals surface area contributed by atoms with Gasteiger partial charge in [-0.1, -0.05) is 148 Å². The molecule has 0 fully saturated rings. The highest BCUT2D eigenvalue weighted by Crippen LogP contribution is 2.43. The van der Waals surface area contributed by atoms with E-state index in [1.807, 2.05) is 62.4 Å². The second kappa shape index (κ2) is 24.4. The van der Waals surface area contributed by atoms with Crippen LogP contribution >= 0.6 is 0 Å². The van der Waals surface area contributed by atoms with Gasteiger partial charge in [0.15, 0.2) is 0 Å². The van der Waals surface area contributed by atoms with E-state index in [0.29, 0.717) is 0 Å². The Morgan fingerprint density at radius 3 is 2.19 bits per heavy atom. The standard InChI is InChI=1S/C35H37N3.C8H9N.C8H13N.C2H6/c1-6-7-18-30-25(2)35(3,36-4)37-33-24-27(21-22-32(30)33)26-14-13-15-28(23-26)31-19-11-12-20-34(31)38(5)29-16-9-8-10-17-29;1-9-7-8-5-3-2-4-6-8;1-8(2)6-4-3-5-7-9;1-2/h7-12,14,16-24,37H,4,6,13,15H2,1-3,5H3;2-6H,1,7H2;3-7H,9H2,1-2H3;1-2H3/b18-7-;;4-3-,7-5-;. The zero-order chi connectivity index (χ0) is 42.3. The number of hydrogen-bond acceptors (Lipinski definition) is 5. The van der Waals surface area contributed by atoms with E-state index in [-0.39, 0.29) is 0 Å². The van der Waals surface area contributed by atoms with Crippen molar-refractivity contribution in [1.82, 2.24) is 0 Å². The number of hydrogen-bond donors (Lipinski definition) is 2. The average Bonchev–Trinajstić information content (AvgIpc) is 3.27. The monoisotopic (exact) mass is 772 g/mol. The van der Waals surface area contributed by atoms with Gasteiger partial charge in [-0.25, -0.2) is 0 Å². The number of anilines is 3. The van der Waals surface area contributed by atoms with E-state index in [0.717, 1.165) is 31.5 Å². The van der Waals surface area contributed by atoms with Gasteiger partial charge < -0.3 is 16.0 Å². The Morgan fingerprint density at radius 2 is 1.55 bits per heavy atom. The van der Waals surface area contributed by atoms with E-state index in [1.165, 1.54) is 67.7 Å². The van der Waals surface area contributed by atoms with Crippen molar-refractivity contribution in [2.24, 2.45) is 15.7 Å². The summed E-state index contributed by atoms with van der Waals surface area (Å²) in [4.78, 5) is 10.5. The van der Waals surface area contributed by atoms with E-state index in [9.17, 15) is 0 Å².